The number of ether oxygens (including phenoxy) is 1. The third-order valence-corrected chi connectivity index (χ3v) is 9.11. The van der Waals surface area contributed by atoms with Gasteiger partial charge in [0, 0.05) is 43.1 Å². The van der Waals surface area contributed by atoms with Gasteiger partial charge in [0.1, 0.15) is 12.4 Å². The molecule has 1 spiro atoms. The summed E-state index contributed by atoms with van der Waals surface area (Å²) >= 11 is 0. The molecular weight excluding hydrogens is 507 g/mol. The Kier molecular flexibility index (Phi) is 7.05. The molecule has 9 heteroatoms. The molecule has 4 aliphatic rings. The first-order valence-electron chi connectivity index (χ1n) is 14.2. The predicted molar refractivity (Wildman–Crippen MR) is 151 cm³/mol. The molecule has 3 atom stereocenters. The highest BCUT2D eigenvalue weighted by Crippen LogP contribution is 2.46. The second-order valence-electron chi connectivity index (χ2n) is 11.5. The maximum Gasteiger partial charge on any atom is 0.318 e. The van der Waals surface area contributed by atoms with E-state index in [4.69, 9.17) is 14.7 Å². The summed E-state index contributed by atoms with van der Waals surface area (Å²) in [5, 5.41) is 9.46. The van der Waals surface area contributed by atoms with Gasteiger partial charge in [0.2, 0.25) is 0 Å². The highest BCUT2D eigenvalue weighted by atomic mass is 19.1. The Hall–Kier alpha value is -3.77. The van der Waals surface area contributed by atoms with Crippen LogP contribution in [0, 0.1) is 11.3 Å². The third kappa shape index (κ3) is 4.75. The molecule has 0 bridgehead atoms. The molecule has 2 aliphatic heterocycles. The van der Waals surface area contributed by atoms with Crippen LogP contribution in [0.2, 0.25) is 0 Å². The van der Waals surface area contributed by atoms with Gasteiger partial charge in [-0.2, -0.15) is 15.2 Å². The summed E-state index contributed by atoms with van der Waals surface area (Å²) in [5.41, 5.74) is 4.58. The van der Waals surface area contributed by atoms with Crippen molar-refractivity contribution in [2.45, 2.75) is 56.0 Å². The van der Waals surface area contributed by atoms with E-state index in [1.165, 1.54) is 16.0 Å². The van der Waals surface area contributed by atoms with Crippen LogP contribution in [0.5, 0.6) is 6.01 Å². The van der Waals surface area contributed by atoms with Crippen LogP contribution in [-0.4, -0.2) is 77.6 Å². The molecule has 0 N–H and O–H groups in total. The Labute approximate surface area is 234 Å². The van der Waals surface area contributed by atoms with Gasteiger partial charge in [0.15, 0.2) is 5.83 Å². The molecule has 3 heterocycles. The van der Waals surface area contributed by atoms with Crippen LogP contribution >= 0.6 is 0 Å². The van der Waals surface area contributed by atoms with Gasteiger partial charge in [-0.05, 0) is 50.4 Å². The number of fused-ring (bicyclic) bond motifs is 3. The van der Waals surface area contributed by atoms with Crippen molar-refractivity contribution in [3.8, 4) is 12.1 Å². The minimum atomic E-state index is -1.00. The lowest BCUT2D eigenvalue weighted by atomic mass is 9.70. The smallest absolute Gasteiger partial charge is 0.318 e. The Morgan fingerprint density at radius 1 is 1.25 bits per heavy atom. The van der Waals surface area contributed by atoms with E-state index >= 15 is 0 Å². The van der Waals surface area contributed by atoms with Crippen LogP contribution in [-0.2, 0) is 23.1 Å². The molecule has 40 heavy (non-hydrogen) atoms. The minimum Gasteiger partial charge on any atom is -0.462 e. The van der Waals surface area contributed by atoms with Gasteiger partial charge in [-0.25, -0.2) is 4.39 Å². The zero-order chi connectivity index (χ0) is 27.9. The fourth-order valence-electron chi connectivity index (χ4n) is 6.88. The number of likely N-dealkylation sites (N-methyl/N-ethyl adjacent to an activating group) is 1. The second kappa shape index (κ2) is 10.7. The van der Waals surface area contributed by atoms with Gasteiger partial charge in [-0.1, -0.05) is 43.0 Å². The highest BCUT2D eigenvalue weighted by molar-refractivity contribution is 5.91. The quantitative estimate of drug-likeness (QED) is 0.513. The van der Waals surface area contributed by atoms with E-state index < -0.39 is 17.8 Å². The summed E-state index contributed by atoms with van der Waals surface area (Å²) in [4.78, 5) is 28.2. The number of piperazine rings is 1. The van der Waals surface area contributed by atoms with Gasteiger partial charge >= 0.3 is 6.01 Å². The van der Waals surface area contributed by atoms with Crippen LogP contribution in [0.4, 0.5) is 10.2 Å². The van der Waals surface area contributed by atoms with Crippen molar-refractivity contribution in [3.63, 3.8) is 0 Å². The molecule has 2 aliphatic carbocycles. The topological polar surface area (TPSA) is 85.6 Å². The van der Waals surface area contributed by atoms with Crippen molar-refractivity contribution < 1.29 is 13.9 Å². The molecule has 1 aromatic carbocycles. The van der Waals surface area contributed by atoms with Crippen LogP contribution in [0.3, 0.4) is 0 Å². The number of hydrogen-bond donors (Lipinski definition) is 0. The van der Waals surface area contributed by atoms with E-state index in [9.17, 15) is 14.4 Å². The molecule has 1 aromatic heterocycles. The van der Waals surface area contributed by atoms with Crippen LogP contribution in [0.15, 0.2) is 42.7 Å². The number of carbonyl (C=O) groups is 1. The van der Waals surface area contributed by atoms with Gasteiger partial charge in [0.25, 0.3) is 5.91 Å². The Balaban J connectivity index is 1.33. The fraction of sp³-hybridized carbons (Fsp3) is 0.484. The first-order valence-corrected chi connectivity index (χ1v) is 14.2. The monoisotopic (exact) mass is 542 g/mol. The number of anilines is 1. The number of nitriles is 1. The van der Waals surface area contributed by atoms with Gasteiger partial charge in [0.05, 0.1) is 24.2 Å². The van der Waals surface area contributed by atoms with Crippen molar-refractivity contribution >= 4 is 17.8 Å². The Bertz CT molecular complexity index is 1400. The molecule has 6 rings (SSSR count). The number of nitrogens with zero attached hydrogens (tertiary/aromatic N) is 6. The largest absolute Gasteiger partial charge is 0.462 e. The van der Waals surface area contributed by atoms with Crippen molar-refractivity contribution in [2.24, 2.45) is 0 Å². The lowest BCUT2D eigenvalue weighted by Crippen LogP contribution is -2.55. The Morgan fingerprint density at radius 2 is 2.10 bits per heavy atom. The molecule has 208 valence electrons. The van der Waals surface area contributed by atoms with Crippen molar-refractivity contribution in [1.82, 2.24) is 19.8 Å². The average molecular weight is 543 g/mol. The second-order valence-corrected chi connectivity index (χ2v) is 11.5. The summed E-state index contributed by atoms with van der Waals surface area (Å²) in [6.45, 7) is 5.92. The maximum atomic E-state index is 13.8. The number of aromatic nitrogens is 2. The molecule has 2 aromatic rings. The lowest BCUT2D eigenvalue weighted by Gasteiger charge is -2.42. The molecule has 1 amide bonds. The van der Waals surface area contributed by atoms with Crippen molar-refractivity contribution in [2.75, 3.05) is 44.7 Å². The van der Waals surface area contributed by atoms with Crippen LogP contribution < -0.4 is 9.64 Å². The summed E-state index contributed by atoms with van der Waals surface area (Å²) in [5.74, 6) is -0.944. The summed E-state index contributed by atoms with van der Waals surface area (Å²) in [6, 6.07) is 11.0. The Morgan fingerprint density at radius 3 is 2.88 bits per heavy atom. The third-order valence-electron chi connectivity index (χ3n) is 9.11. The van der Waals surface area contributed by atoms with E-state index in [0.29, 0.717) is 31.7 Å². The van der Waals surface area contributed by atoms with E-state index in [0.717, 1.165) is 55.7 Å². The number of carbonyl (C=O) groups excluding carboxylic acids is 1. The van der Waals surface area contributed by atoms with E-state index in [2.05, 4.69) is 65.9 Å². The highest BCUT2D eigenvalue weighted by Gasteiger charge is 2.41. The fourth-order valence-corrected chi connectivity index (χ4v) is 6.88. The first kappa shape index (κ1) is 26.5. The minimum absolute atomic E-state index is 0.102. The number of amides is 1. The molecule has 0 unspecified atom stereocenters. The number of halogens is 1. The molecule has 2 fully saturated rings. The normalized spacial score (nSPS) is 25.5. The summed E-state index contributed by atoms with van der Waals surface area (Å²) in [6.07, 6.45) is 9.40. The predicted octanol–water partition coefficient (Wildman–Crippen LogP) is 3.82. The van der Waals surface area contributed by atoms with E-state index in [1.54, 1.807) is 0 Å². The zero-order valence-electron chi connectivity index (χ0n) is 23.0. The van der Waals surface area contributed by atoms with E-state index in [1.807, 2.05) is 0 Å². The number of rotatable bonds is 6. The summed E-state index contributed by atoms with van der Waals surface area (Å²) in [7, 11) is 2.12. The average Bonchev–Trinajstić information content (AvgIpc) is 3.54. The van der Waals surface area contributed by atoms with Gasteiger partial charge < -0.3 is 19.4 Å². The number of benzene rings is 1. The lowest BCUT2D eigenvalue weighted by molar-refractivity contribution is -0.131. The summed E-state index contributed by atoms with van der Waals surface area (Å²) < 4.78 is 20.0. The SMILES string of the molecule is C=C(F)C(=O)N1CCN(c2nc(OC[C@@H]3CCCN3C)nc3c2CC[C@@]2(C=Cc4ccccc42)C3)C[C@@H]1CC#N. The van der Waals surface area contributed by atoms with Crippen molar-refractivity contribution in [3.05, 3.63) is 65.1 Å². The maximum absolute atomic E-state index is 13.8. The van der Waals surface area contributed by atoms with Crippen molar-refractivity contribution in [1.29, 1.82) is 5.26 Å². The number of hydrogen-bond acceptors (Lipinski definition) is 7. The number of allylic oxidation sites excluding steroid dienone is 1. The van der Waals surface area contributed by atoms with Crippen LogP contribution in [0.25, 0.3) is 6.08 Å². The molecule has 0 radical (unpaired) electrons. The van der Waals surface area contributed by atoms with Gasteiger partial charge in [-0.15, -0.1) is 0 Å². The standard InChI is InChI=1S/C31H35FN6O2/c1-21(32)29(39)38-17-16-37(19-23(38)11-14-33)28-25-10-13-31(12-9-22-6-3-4-8-26(22)31)18-27(25)34-30(35-28)40-20-24-7-5-15-36(24)2/h3-4,6,8-9,12,23-24H,1,5,7,10-11,13,15-20H2,2H3/t23-,24-,31-/m0/s1. The molecular formula is C31H35FN6O2. The van der Waals surface area contributed by atoms with E-state index in [-0.39, 0.29) is 18.4 Å². The number of likely N-dealkylation sites (tertiary alicyclic amines) is 1. The molecule has 2 saturated heterocycles. The molecule has 0 saturated carbocycles. The van der Waals surface area contributed by atoms with Crippen LogP contribution in [0.1, 0.15) is 48.1 Å². The first-order chi connectivity index (χ1) is 19.4. The van der Waals surface area contributed by atoms with Gasteiger partial charge in [-0.3, -0.25) is 4.79 Å². The zero-order valence-corrected chi connectivity index (χ0v) is 23.0. The molecule has 8 nitrogen and oxygen atoms in total.